The molecule has 1 heterocycles. The van der Waals surface area contributed by atoms with Gasteiger partial charge in [0.25, 0.3) is 0 Å². The van der Waals surface area contributed by atoms with Crippen molar-refractivity contribution in [1.29, 1.82) is 0 Å². The molecule has 2 aliphatic rings. The molecule has 0 bridgehead atoms. The maximum atomic E-state index is 6.22. The molecule has 1 aromatic rings. The first-order valence-corrected chi connectivity index (χ1v) is 7.78. The van der Waals surface area contributed by atoms with E-state index in [1.807, 2.05) is 0 Å². The van der Waals surface area contributed by atoms with Crippen LogP contribution in [0.2, 0.25) is 0 Å². The second-order valence-corrected chi connectivity index (χ2v) is 6.61. The van der Waals surface area contributed by atoms with Crippen LogP contribution in [0.1, 0.15) is 44.6 Å². The van der Waals surface area contributed by atoms with Crippen molar-refractivity contribution < 1.29 is 0 Å². The molecule has 2 unspecified atom stereocenters. The van der Waals surface area contributed by atoms with E-state index in [1.165, 1.54) is 43.4 Å². The van der Waals surface area contributed by atoms with Crippen LogP contribution in [0.3, 0.4) is 0 Å². The summed E-state index contributed by atoms with van der Waals surface area (Å²) >= 11 is 0. The molecule has 3 heteroatoms. The zero-order valence-corrected chi connectivity index (χ0v) is 12.6. The monoisotopic (exact) mass is 271 g/mol. The molecular weight excluding hydrogens is 246 g/mol. The van der Waals surface area contributed by atoms with Gasteiger partial charge < -0.3 is 10.6 Å². The third-order valence-electron chi connectivity index (χ3n) is 4.97. The predicted molar refractivity (Wildman–Crippen MR) is 85.1 cm³/mol. The summed E-state index contributed by atoms with van der Waals surface area (Å²) in [5, 5.41) is 0. The fourth-order valence-corrected chi connectivity index (χ4v) is 3.66. The third kappa shape index (κ3) is 2.30. The molecule has 3 nitrogen and oxygen atoms in total. The zero-order valence-electron chi connectivity index (χ0n) is 12.6. The first-order valence-electron chi connectivity index (χ1n) is 7.78. The molecule has 1 aliphatic heterocycles. The van der Waals surface area contributed by atoms with Crippen LogP contribution in [-0.4, -0.2) is 18.0 Å². The zero-order chi connectivity index (χ0) is 14.2. The lowest BCUT2D eigenvalue weighted by Crippen LogP contribution is -2.51. The minimum atomic E-state index is 0.129. The van der Waals surface area contributed by atoms with Gasteiger partial charge in [0, 0.05) is 5.69 Å². The number of hydrogen-bond acceptors (Lipinski definition) is 3. The summed E-state index contributed by atoms with van der Waals surface area (Å²) < 4.78 is 0. The summed E-state index contributed by atoms with van der Waals surface area (Å²) in [5.74, 6) is 1.53. The molecule has 0 saturated heterocycles. The molecule has 0 aromatic heterocycles. The summed E-state index contributed by atoms with van der Waals surface area (Å²) in [7, 11) is 0. The van der Waals surface area contributed by atoms with Crippen LogP contribution in [0, 0.1) is 12.8 Å². The molecule has 108 valence electrons. The first-order chi connectivity index (χ1) is 9.61. The summed E-state index contributed by atoms with van der Waals surface area (Å²) in [6.45, 7) is 5.35. The number of aliphatic imine (C=N–C) groups is 1. The normalized spacial score (nSPS) is 30.4. The van der Waals surface area contributed by atoms with Crippen molar-refractivity contribution >= 4 is 11.6 Å². The Bertz CT molecular complexity index is 505. The van der Waals surface area contributed by atoms with Crippen LogP contribution in [-0.2, 0) is 0 Å². The molecular formula is C17H25N3. The predicted octanol–water partition coefficient (Wildman–Crippen LogP) is 3.47. The number of anilines is 1. The van der Waals surface area contributed by atoms with E-state index in [0.29, 0.717) is 5.96 Å². The second kappa shape index (κ2) is 5.12. The topological polar surface area (TPSA) is 41.6 Å². The van der Waals surface area contributed by atoms with E-state index in [9.17, 15) is 0 Å². The Balaban J connectivity index is 1.93. The molecule has 1 spiro atoms. The van der Waals surface area contributed by atoms with Gasteiger partial charge in [0.05, 0.1) is 12.1 Å². The van der Waals surface area contributed by atoms with E-state index >= 15 is 0 Å². The van der Waals surface area contributed by atoms with Crippen LogP contribution < -0.4 is 10.6 Å². The summed E-state index contributed by atoms with van der Waals surface area (Å²) in [6, 6.07) is 8.68. The Morgan fingerprint density at radius 3 is 2.70 bits per heavy atom. The average Bonchev–Trinajstić information content (AvgIpc) is 2.63. The van der Waals surface area contributed by atoms with Gasteiger partial charge >= 0.3 is 0 Å². The number of guanidine groups is 1. The van der Waals surface area contributed by atoms with Crippen molar-refractivity contribution in [2.45, 2.75) is 51.5 Å². The lowest BCUT2D eigenvalue weighted by molar-refractivity contribution is 0.392. The number of benzene rings is 1. The van der Waals surface area contributed by atoms with Crippen molar-refractivity contribution in [1.82, 2.24) is 0 Å². The van der Waals surface area contributed by atoms with Gasteiger partial charge in [0.2, 0.25) is 0 Å². The standard InChI is InChI=1S/C17H25N3/c1-13-4-3-10-17(11-9-13)12-19-16(18)20(17)15-7-5-14(2)6-8-15/h5-8,13H,3-4,9-12H2,1-2H3,(H2,18,19). The van der Waals surface area contributed by atoms with E-state index in [2.05, 4.69) is 48.0 Å². The quantitative estimate of drug-likeness (QED) is 0.849. The highest BCUT2D eigenvalue weighted by molar-refractivity contribution is 5.98. The maximum absolute atomic E-state index is 6.22. The Morgan fingerprint density at radius 1 is 1.20 bits per heavy atom. The van der Waals surface area contributed by atoms with Gasteiger partial charge in [-0.2, -0.15) is 0 Å². The first kappa shape index (κ1) is 13.5. The highest BCUT2D eigenvalue weighted by Gasteiger charge is 2.43. The Morgan fingerprint density at radius 2 is 1.95 bits per heavy atom. The van der Waals surface area contributed by atoms with E-state index in [-0.39, 0.29) is 5.54 Å². The highest BCUT2D eigenvalue weighted by atomic mass is 15.4. The molecule has 3 rings (SSSR count). The Kier molecular flexibility index (Phi) is 3.45. The highest BCUT2D eigenvalue weighted by Crippen LogP contribution is 2.40. The maximum Gasteiger partial charge on any atom is 0.196 e. The van der Waals surface area contributed by atoms with Crippen molar-refractivity contribution in [2.75, 3.05) is 11.4 Å². The smallest absolute Gasteiger partial charge is 0.196 e. The molecule has 2 N–H and O–H groups in total. The van der Waals surface area contributed by atoms with Gasteiger partial charge in [-0.15, -0.1) is 0 Å². The van der Waals surface area contributed by atoms with Crippen LogP contribution in [0.15, 0.2) is 29.3 Å². The Hall–Kier alpha value is -1.51. The molecule has 1 fully saturated rings. The van der Waals surface area contributed by atoms with E-state index in [4.69, 9.17) is 5.73 Å². The fraction of sp³-hybridized carbons (Fsp3) is 0.588. The molecule has 0 amide bonds. The number of rotatable bonds is 1. The average molecular weight is 271 g/mol. The van der Waals surface area contributed by atoms with Crippen LogP contribution in [0.4, 0.5) is 5.69 Å². The minimum Gasteiger partial charge on any atom is -0.369 e. The van der Waals surface area contributed by atoms with Crippen LogP contribution in [0.25, 0.3) is 0 Å². The molecule has 20 heavy (non-hydrogen) atoms. The molecule has 1 aliphatic carbocycles. The minimum absolute atomic E-state index is 0.129. The van der Waals surface area contributed by atoms with Gasteiger partial charge in [-0.1, -0.05) is 37.5 Å². The number of nitrogens with zero attached hydrogens (tertiary/aromatic N) is 2. The molecule has 1 saturated carbocycles. The fourth-order valence-electron chi connectivity index (χ4n) is 3.66. The lowest BCUT2D eigenvalue weighted by atomic mass is 9.88. The summed E-state index contributed by atoms with van der Waals surface area (Å²) in [5.41, 5.74) is 8.83. The van der Waals surface area contributed by atoms with Gasteiger partial charge in [0.1, 0.15) is 0 Å². The summed E-state index contributed by atoms with van der Waals surface area (Å²) in [6.07, 6.45) is 6.31. The van der Waals surface area contributed by atoms with Gasteiger partial charge in [-0.25, -0.2) is 0 Å². The van der Waals surface area contributed by atoms with E-state index in [1.54, 1.807) is 0 Å². The number of aryl methyl sites for hydroxylation is 1. The van der Waals surface area contributed by atoms with Crippen molar-refractivity contribution in [2.24, 2.45) is 16.6 Å². The molecule has 0 radical (unpaired) electrons. The third-order valence-corrected chi connectivity index (χ3v) is 4.97. The molecule has 2 atom stereocenters. The van der Waals surface area contributed by atoms with Crippen molar-refractivity contribution in [3.63, 3.8) is 0 Å². The largest absolute Gasteiger partial charge is 0.369 e. The Labute approximate surface area is 121 Å². The molecule has 1 aromatic carbocycles. The summed E-state index contributed by atoms with van der Waals surface area (Å²) in [4.78, 5) is 6.89. The SMILES string of the molecule is Cc1ccc(N2C(N)=NCC23CCCC(C)CC3)cc1. The van der Waals surface area contributed by atoms with Gasteiger partial charge in [-0.05, 0) is 44.2 Å². The van der Waals surface area contributed by atoms with Crippen LogP contribution in [0.5, 0.6) is 0 Å². The van der Waals surface area contributed by atoms with Crippen molar-refractivity contribution in [3.05, 3.63) is 29.8 Å². The van der Waals surface area contributed by atoms with Gasteiger partial charge in [-0.3, -0.25) is 4.99 Å². The second-order valence-electron chi connectivity index (χ2n) is 6.61. The number of hydrogen-bond donors (Lipinski definition) is 1. The van der Waals surface area contributed by atoms with E-state index < -0.39 is 0 Å². The van der Waals surface area contributed by atoms with E-state index in [0.717, 1.165) is 12.5 Å². The van der Waals surface area contributed by atoms with Crippen LogP contribution >= 0.6 is 0 Å². The van der Waals surface area contributed by atoms with Crippen molar-refractivity contribution in [3.8, 4) is 0 Å². The van der Waals surface area contributed by atoms with Gasteiger partial charge in [0.15, 0.2) is 5.96 Å². The lowest BCUT2D eigenvalue weighted by Gasteiger charge is -2.39. The number of nitrogens with two attached hydrogens (primary N) is 1.